The highest BCUT2D eigenvalue weighted by Gasteiger charge is 2.18. The van der Waals surface area contributed by atoms with E-state index in [1.54, 1.807) is 12.4 Å². The molecule has 7 nitrogen and oxygen atoms in total. The molecule has 3 N–H and O–H groups in total. The summed E-state index contributed by atoms with van der Waals surface area (Å²) in [6, 6.07) is 3.77. The topological polar surface area (TPSA) is 89.1 Å². The van der Waals surface area contributed by atoms with Gasteiger partial charge in [0.05, 0.1) is 11.4 Å². The second kappa shape index (κ2) is 5.08. The highest BCUT2D eigenvalue weighted by molar-refractivity contribution is 7.14. The number of fused-ring (bicyclic) bond motifs is 1. The van der Waals surface area contributed by atoms with E-state index in [0.717, 1.165) is 36.9 Å². The quantitative estimate of drug-likeness (QED) is 0.467. The molecule has 0 atom stereocenters. The number of nitrogens with one attached hydrogen (secondary N) is 1. The number of carbonyl (C=O) groups is 1. The molecule has 0 aliphatic carbocycles. The highest BCUT2D eigenvalue weighted by Crippen LogP contribution is 2.20. The van der Waals surface area contributed by atoms with Crippen molar-refractivity contribution in [2.45, 2.75) is 19.6 Å². The molecule has 1 amide bonds. The molecule has 3 rings (SSSR count). The van der Waals surface area contributed by atoms with Crippen molar-refractivity contribution in [3.05, 3.63) is 34.0 Å². The molecule has 0 bridgehead atoms. The summed E-state index contributed by atoms with van der Waals surface area (Å²) in [5.74, 6) is 5.87. The Kier molecular flexibility index (Phi) is 3.28. The predicted molar refractivity (Wildman–Crippen MR) is 70.1 cm³/mol. The van der Waals surface area contributed by atoms with E-state index in [4.69, 9.17) is 5.84 Å². The predicted octanol–water partition coefficient (Wildman–Crippen LogP) is -0.0411. The fraction of sp³-hybridized carbons (Fsp3) is 0.364. The van der Waals surface area contributed by atoms with Crippen LogP contribution in [0.3, 0.4) is 0 Å². The number of nitrogens with two attached hydrogens (primary N) is 1. The van der Waals surface area contributed by atoms with Gasteiger partial charge in [0.2, 0.25) is 0 Å². The van der Waals surface area contributed by atoms with Gasteiger partial charge in [-0.3, -0.25) is 15.1 Å². The van der Waals surface area contributed by atoms with Gasteiger partial charge in [0.15, 0.2) is 0 Å². The Balaban J connectivity index is 1.66. The lowest BCUT2D eigenvalue weighted by molar-refractivity contribution is 0.0957. The molecule has 0 saturated carbocycles. The van der Waals surface area contributed by atoms with E-state index in [-0.39, 0.29) is 5.91 Å². The largest absolute Gasteiger partial charge is 0.315 e. The number of nitrogen functional groups attached to an aromatic ring is 1. The molecule has 0 spiro atoms. The van der Waals surface area contributed by atoms with Crippen LogP contribution in [0.4, 0.5) is 0 Å². The molecule has 3 heterocycles. The molecule has 0 saturated heterocycles. The molecule has 2 aromatic heterocycles. The van der Waals surface area contributed by atoms with Crippen molar-refractivity contribution in [1.82, 2.24) is 25.1 Å². The number of hydrogen-bond donors (Lipinski definition) is 2. The van der Waals surface area contributed by atoms with Gasteiger partial charge >= 0.3 is 0 Å². The van der Waals surface area contributed by atoms with Gasteiger partial charge in [-0.1, -0.05) is 0 Å². The molecule has 8 heteroatoms. The van der Waals surface area contributed by atoms with Crippen LogP contribution >= 0.6 is 11.3 Å². The summed E-state index contributed by atoms with van der Waals surface area (Å²) >= 11 is 1.47. The molecule has 1 aliphatic heterocycles. The maximum Gasteiger partial charge on any atom is 0.275 e. The standard InChI is InChI=1S/C11H14N6OS/c12-14-11(18)9-2-1-8(19-9)5-16-3-4-17-7-13-15-10(17)6-16/h1-2,7H,3-6,12H2,(H,14,18). The Bertz CT molecular complexity index is 592. The molecule has 100 valence electrons. The van der Waals surface area contributed by atoms with Gasteiger partial charge in [-0.2, -0.15) is 0 Å². The number of carbonyl (C=O) groups excluding carboxylic acids is 1. The van der Waals surface area contributed by atoms with Crippen LogP contribution in [-0.4, -0.2) is 32.1 Å². The second-order valence-electron chi connectivity index (χ2n) is 4.39. The maximum atomic E-state index is 11.4. The zero-order valence-electron chi connectivity index (χ0n) is 10.2. The van der Waals surface area contributed by atoms with E-state index in [2.05, 4.69) is 25.1 Å². The average molecular weight is 278 g/mol. The summed E-state index contributed by atoms with van der Waals surface area (Å²) in [7, 11) is 0. The first kappa shape index (κ1) is 12.3. The zero-order chi connectivity index (χ0) is 13.2. The van der Waals surface area contributed by atoms with Crippen LogP contribution in [0.15, 0.2) is 18.5 Å². The van der Waals surface area contributed by atoms with Crippen molar-refractivity contribution < 1.29 is 4.79 Å². The van der Waals surface area contributed by atoms with Gasteiger partial charge in [-0.15, -0.1) is 21.5 Å². The van der Waals surface area contributed by atoms with Crippen molar-refractivity contribution in [1.29, 1.82) is 0 Å². The van der Waals surface area contributed by atoms with E-state index < -0.39 is 0 Å². The van der Waals surface area contributed by atoms with E-state index in [0.29, 0.717) is 4.88 Å². The van der Waals surface area contributed by atoms with Gasteiger partial charge in [0.1, 0.15) is 12.2 Å². The van der Waals surface area contributed by atoms with Gasteiger partial charge in [-0.25, -0.2) is 5.84 Å². The number of thiophene rings is 1. The average Bonchev–Trinajstić information content (AvgIpc) is 3.06. The van der Waals surface area contributed by atoms with Crippen LogP contribution in [0, 0.1) is 0 Å². The number of amides is 1. The Morgan fingerprint density at radius 1 is 1.47 bits per heavy atom. The lowest BCUT2D eigenvalue weighted by Crippen LogP contribution is -2.32. The SMILES string of the molecule is NNC(=O)c1ccc(CN2CCn3cnnc3C2)s1. The fourth-order valence-corrected chi connectivity index (χ4v) is 3.08. The third-order valence-electron chi connectivity index (χ3n) is 3.11. The van der Waals surface area contributed by atoms with Crippen LogP contribution in [0.1, 0.15) is 20.4 Å². The lowest BCUT2D eigenvalue weighted by Gasteiger charge is -2.26. The number of aromatic nitrogens is 3. The summed E-state index contributed by atoms with van der Waals surface area (Å²) < 4.78 is 2.07. The summed E-state index contributed by atoms with van der Waals surface area (Å²) in [6.07, 6.45) is 1.77. The molecule has 0 radical (unpaired) electrons. The maximum absolute atomic E-state index is 11.4. The van der Waals surface area contributed by atoms with Crippen molar-refractivity contribution in [2.24, 2.45) is 5.84 Å². The Morgan fingerprint density at radius 2 is 2.37 bits per heavy atom. The van der Waals surface area contributed by atoms with Crippen molar-refractivity contribution in [3.63, 3.8) is 0 Å². The minimum absolute atomic E-state index is 0.241. The molecule has 1 aliphatic rings. The normalized spacial score (nSPS) is 15.2. The first-order valence-electron chi connectivity index (χ1n) is 5.95. The minimum atomic E-state index is -0.241. The van der Waals surface area contributed by atoms with E-state index in [1.165, 1.54) is 11.3 Å². The monoisotopic (exact) mass is 278 g/mol. The van der Waals surface area contributed by atoms with Gasteiger partial charge in [0, 0.05) is 24.5 Å². The molecule has 2 aromatic rings. The van der Waals surface area contributed by atoms with Crippen LogP contribution in [0.25, 0.3) is 0 Å². The lowest BCUT2D eigenvalue weighted by atomic mass is 10.3. The zero-order valence-corrected chi connectivity index (χ0v) is 11.1. The van der Waals surface area contributed by atoms with Gasteiger partial charge in [-0.05, 0) is 12.1 Å². The number of hydrazine groups is 1. The molecule has 19 heavy (non-hydrogen) atoms. The molecule has 0 fully saturated rings. The van der Waals surface area contributed by atoms with E-state index >= 15 is 0 Å². The minimum Gasteiger partial charge on any atom is -0.315 e. The molecule has 0 unspecified atom stereocenters. The Labute approximate surface area is 114 Å². The number of nitrogens with zero attached hydrogens (tertiary/aromatic N) is 4. The number of rotatable bonds is 3. The van der Waals surface area contributed by atoms with Crippen molar-refractivity contribution in [3.8, 4) is 0 Å². The third kappa shape index (κ3) is 2.50. The van der Waals surface area contributed by atoms with Crippen LogP contribution in [-0.2, 0) is 19.6 Å². The summed E-state index contributed by atoms with van der Waals surface area (Å²) in [6.45, 7) is 3.47. The van der Waals surface area contributed by atoms with E-state index in [1.807, 2.05) is 6.07 Å². The highest BCUT2D eigenvalue weighted by atomic mass is 32.1. The van der Waals surface area contributed by atoms with Crippen molar-refractivity contribution in [2.75, 3.05) is 6.54 Å². The molecule has 0 aromatic carbocycles. The van der Waals surface area contributed by atoms with E-state index in [9.17, 15) is 4.79 Å². The number of hydrogen-bond acceptors (Lipinski definition) is 6. The second-order valence-corrected chi connectivity index (χ2v) is 5.56. The summed E-state index contributed by atoms with van der Waals surface area (Å²) in [5, 5.41) is 8.00. The van der Waals surface area contributed by atoms with Crippen LogP contribution < -0.4 is 11.3 Å². The van der Waals surface area contributed by atoms with Gasteiger partial charge < -0.3 is 4.57 Å². The van der Waals surface area contributed by atoms with Gasteiger partial charge in [0.25, 0.3) is 5.91 Å². The van der Waals surface area contributed by atoms with Crippen LogP contribution in [0.5, 0.6) is 0 Å². The first-order valence-corrected chi connectivity index (χ1v) is 6.76. The fourth-order valence-electron chi connectivity index (χ4n) is 2.13. The smallest absolute Gasteiger partial charge is 0.275 e. The Morgan fingerprint density at radius 3 is 3.21 bits per heavy atom. The first-order chi connectivity index (χ1) is 9.26. The summed E-state index contributed by atoms with van der Waals surface area (Å²) in [4.78, 5) is 15.5. The van der Waals surface area contributed by atoms with Crippen molar-refractivity contribution >= 4 is 17.2 Å². The van der Waals surface area contributed by atoms with Crippen LogP contribution in [0.2, 0.25) is 0 Å². The third-order valence-corrected chi connectivity index (χ3v) is 4.18. The summed E-state index contributed by atoms with van der Waals surface area (Å²) in [5.41, 5.74) is 2.14. The molecular formula is C11H14N6OS. The molecular weight excluding hydrogens is 264 g/mol. The Hall–Kier alpha value is -1.77.